The Morgan fingerprint density at radius 1 is 0.463 bits per heavy atom. The first-order valence-electron chi connectivity index (χ1n) is 14.2. The van der Waals surface area contributed by atoms with Gasteiger partial charge in [0, 0.05) is 41.6 Å². The summed E-state index contributed by atoms with van der Waals surface area (Å²) < 4.78 is 5.48. The Kier molecular flexibility index (Phi) is 5.03. The van der Waals surface area contributed by atoms with Gasteiger partial charge in [0.05, 0.1) is 33.6 Å². The molecule has 0 saturated carbocycles. The number of rotatable bonds is 2. The minimum Gasteiger partial charge on any atom is -0.308 e. The van der Waals surface area contributed by atoms with Gasteiger partial charge in [-0.25, -0.2) is 0 Å². The van der Waals surface area contributed by atoms with E-state index in [4.69, 9.17) is 0 Å². The number of fused-ring (bicyclic) bond motifs is 8. The lowest BCUT2D eigenvalue weighted by Crippen LogP contribution is -2.05. The van der Waals surface area contributed by atoms with Gasteiger partial charge < -0.3 is 9.13 Å². The second kappa shape index (κ2) is 8.82. The molecule has 0 saturated heterocycles. The van der Waals surface area contributed by atoms with Crippen molar-refractivity contribution < 1.29 is 0 Å². The van der Waals surface area contributed by atoms with Crippen molar-refractivity contribution in [2.24, 2.45) is 0 Å². The molecule has 9 rings (SSSR count). The van der Waals surface area contributed by atoms with Gasteiger partial charge in [-0.3, -0.25) is 0 Å². The Labute approximate surface area is 251 Å². The van der Waals surface area contributed by atoms with E-state index in [1.807, 2.05) is 0 Å². The summed E-state index contributed by atoms with van der Waals surface area (Å²) in [6, 6.07) is 44.5. The highest BCUT2D eigenvalue weighted by molar-refractivity contribution is 14.1. The van der Waals surface area contributed by atoms with Crippen LogP contribution in [0.4, 0.5) is 0 Å². The van der Waals surface area contributed by atoms with Crippen LogP contribution in [-0.4, -0.2) is 9.13 Å². The number of allylic oxidation sites excluding steroid dienone is 1. The van der Waals surface area contributed by atoms with Crippen LogP contribution in [0.3, 0.4) is 0 Å². The van der Waals surface area contributed by atoms with E-state index in [1.54, 1.807) is 0 Å². The maximum Gasteiger partial charge on any atom is 0.0620 e. The normalized spacial score (nSPS) is 15.0. The van der Waals surface area contributed by atoms with E-state index in [2.05, 4.69) is 165 Å². The third-order valence-corrected chi connectivity index (χ3v) is 9.92. The van der Waals surface area contributed by atoms with Crippen LogP contribution in [0.1, 0.15) is 21.6 Å². The Balaban J connectivity index is 1.52. The Morgan fingerprint density at radius 2 is 0.854 bits per heavy atom. The van der Waals surface area contributed by atoms with Crippen molar-refractivity contribution in [2.45, 2.75) is 10.3 Å². The molecule has 8 aromatic rings. The van der Waals surface area contributed by atoms with Crippen molar-refractivity contribution in [1.82, 2.24) is 9.13 Å². The summed E-state index contributed by atoms with van der Waals surface area (Å²) in [6.07, 6.45) is 5.75. The molecule has 0 bridgehead atoms. The van der Waals surface area contributed by atoms with Gasteiger partial charge in [0.2, 0.25) is 0 Å². The first-order chi connectivity index (χ1) is 20.3. The van der Waals surface area contributed by atoms with Crippen LogP contribution in [0.15, 0.2) is 127 Å². The zero-order valence-electron chi connectivity index (χ0n) is 22.3. The van der Waals surface area contributed by atoms with E-state index < -0.39 is 0 Å². The summed E-state index contributed by atoms with van der Waals surface area (Å²) in [4.78, 5) is 0. The fourth-order valence-corrected chi connectivity index (χ4v) is 8.11. The molecule has 2 heterocycles. The Bertz CT molecular complexity index is 2260. The molecule has 6 aromatic carbocycles. The number of para-hydroxylation sites is 3. The molecule has 0 amide bonds. The van der Waals surface area contributed by atoms with Crippen molar-refractivity contribution in [3.8, 4) is 11.4 Å². The highest BCUT2D eigenvalue weighted by Gasteiger charge is 2.27. The predicted octanol–water partition coefficient (Wildman–Crippen LogP) is 10.9. The number of nitrogens with zero attached hydrogens (tertiary/aromatic N) is 2. The van der Waals surface area contributed by atoms with E-state index in [9.17, 15) is 0 Å². The number of alkyl halides is 1. The largest absolute Gasteiger partial charge is 0.308 e. The van der Waals surface area contributed by atoms with Crippen LogP contribution >= 0.6 is 22.6 Å². The summed E-state index contributed by atoms with van der Waals surface area (Å²) in [7, 11) is 0. The molecule has 0 radical (unpaired) electrons. The molecule has 41 heavy (non-hydrogen) atoms. The van der Waals surface area contributed by atoms with E-state index >= 15 is 0 Å². The number of hydrogen-bond donors (Lipinski definition) is 0. The topological polar surface area (TPSA) is 9.86 Å². The molecule has 1 atom stereocenters. The van der Waals surface area contributed by atoms with E-state index in [1.165, 1.54) is 76.9 Å². The minimum atomic E-state index is 0.452. The number of halogens is 1. The van der Waals surface area contributed by atoms with Gasteiger partial charge in [-0.15, -0.1) is 0 Å². The molecule has 2 aromatic heterocycles. The standard InChI is InChI=1S/C38H25IN2/c39-31-19-11-23-35-36(31)30-18-7-10-22-34(30)41(35)38-28-16-3-1-14-26(28)37(27-15-2-4-17-29(27)38)40-32-20-8-5-12-24(32)25-13-6-9-21-33(25)40/h1-18,20-23,31H,19H2. The van der Waals surface area contributed by atoms with E-state index in [0.717, 1.165) is 6.42 Å². The summed E-state index contributed by atoms with van der Waals surface area (Å²) >= 11 is 2.63. The van der Waals surface area contributed by atoms with Crippen molar-refractivity contribution in [1.29, 1.82) is 0 Å². The molecular weight excluding hydrogens is 611 g/mol. The van der Waals surface area contributed by atoms with Crippen molar-refractivity contribution in [3.05, 3.63) is 139 Å². The van der Waals surface area contributed by atoms with Crippen molar-refractivity contribution in [2.75, 3.05) is 0 Å². The first-order valence-corrected chi connectivity index (χ1v) is 15.4. The Hall–Kier alpha value is -4.35. The van der Waals surface area contributed by atoms with Gasteiger partial charge in [0.15, 0.2) is 0 Å². The second-order valence-electron chi connectivity index (χ2n) is 10.9. The van der Waals surface area contributed by atoms with Gasteiger partial charge >= 0.3 is 0 Å². The molecule has 1 aliphatic carbocycles. The third-order valence-electron chi connectivity index (χ3n) is 8.79. The summed E-state index contributed by atoms with van der Waals surface area (Å²) in [5.41, 5.74) is 8.98. The molecule has 3 heteroatoms. The first kappa shape index (κ1) is 23.4. The Morgan fingerprint density at radius 3 is 1.37 bits per heavy atom. The van der Waals surface area contributed by atoms with Gasteiger partial charge in [0.1, 0.15) is 0 Å². The predicted molar refractivity (Wildman–Crippen MR) is 183 cm³/mol. The lowest BCUT2D eigenvalue weighted by Gasteiger charge is -2.22. The number of benzene rings is 6. The molecule has 0 fully saturated rings. The maximum atomic E-state index is 2.63. The summed E-state index contributed by atoms with van der Waals surface area (Å²) in [5, 5.41) is 8.94. The summed E-state index contributed by atoms with van der Waals surface area (Å²) in [6.45, 7) is 0. The third kappa shape index (κ3) is 3.18. The minimum absolute atomic E-state index is 0.452. The van der Waals surface area contributed by atoms with Crippen LogP contribution in [-0.2, 0) is 0 Å². The monoisotopic (exact) mass is 636 g/mol. The van der Waals surface area contributed by atoms with Crippen LogP contribution in [0.2, 0.25) is 0 Å². The lowest BCUT2D eigenvalue weighted by atomic mass is 9.97. The number of hydrogen-bond acceptors (Lipinski definition) is 0. The average molecular weight is 637 g/mol. The molecular formula is C38H25IN2. The fourth-order valence-electron chi connectivity index (χ4n) is 7.16. The van der Waals surface area contributed by atoms with Crippen LogP contribution < -0.4 is 0 Å². The highest BCUT2D eigenvalue weighted by Crippen LogP contribution is 2.47. The molecule has 194 valence electrons. The summed E-state index contributed by atoms with van der Waals surface area (Å²) in [5.74, 6) is 0. The van der Waals surface area contributed by atoms with Gasteiger partial charge in [-0.1, -0.05) is 132 Å². The van der Waals surface area contributed by atoms with Crippen LogP contribution in [0.25, 0.3) is 71.7 Å². The van der Waals surface area contributed by atoms with Gasteiger partial charge in [-0.05, 0) is 36.3 Å². The van der Waals surface area contributed by atoms with Crippen molar-refractivity contribution >= 4 is 82.9 Å². The zero-order chi connectivity index (χ0) is 27.1. The zero-order valence-corrected chi connectivity index (χ0v) is 24.4. The number of aromatic nitrogens is 2. The fraction of sp³-hybridized carbons (Fsp3) is 0.0526. The van der Waals surface area contributed by atoms with E-state index in [0.29, 0.717) is 3.92 Å². The molecule has 1 unspecified atom stereocenters. The average Bonchev–Trinajstić information content (AvgIpc) is 3.54. The smallest absolute Gasteiger partial charge is 0.0620 e. The molecule has 2 nitrogen and oxygen atoms in total. The van der Waals surface area contributed by atoms with Crippen LogP contribution in [0, 0.1) is 0 Å². The van der Waals surface area contributed by atoms with Gasteiger partial charge in [0.25, 0.3) is 0 Å². The second-order valence-corrected chi connectivity index (χ2v) is 12.4. The molecule has 1 aliphatic rings. The maximum absolute atomic E-state index is 2.63. The van der Waals surface area contributed by atoms with E-state index in [-0.39, 0.29) is 0 Å². The molecule has 0 N–H and O–H groups in total. The van der Waals surface area contributed by atoms with Crippen LogP contribution in [0.5, 0.6) is 0 Å². The highest BCUT2D eigenvalue weighted by atomic mass is 127. The lowest BCUT2D eigenvalue weighted by molar-refractivity contribution is 0.977. The molecule has 0 spiro atoms. The SMILES string of the molecule is IC1CC=Cc2c1c1ccccc1n2-c1c2ccccc2c(-n2c3ccccc3c3ccccc32)c2ccccc12. The van der Waals surface area contributed by atoms with Gasteiger partial charge in [-0.2, -0.15) is 0 Å². The van der Waals surface area contributed by atoms with Crippen molar-refractivity contribution in [3.63, 3.8) is 0 Å². The molecule has 0 aliphatic heterocycles. The quantitative estimate of drug-likeness (QED) is 0.102.